The van der Waals surface area contributed by atoms with Gasteiger partial charge in [0.15, 0.2) is 9.84 Å². The topological polar surface area (TPSA) is 78.9 Å². The number of methoxy groups -OCH3 is 2. The molecule has 0 aliphatic heterocycles. The number of ether oxygens (including phenoxy) is 3. The lowest BCUT2D eigenvalue weighted by Crippen LogP contribution is -2.10. The molecule has 0 radical (unpaired) electrons. The maximum Gasteiger partial charge on any atom is 0.182 e. The van der Waals surface area contributed by atoms with Crippen LogP contribution in [0.2, 0.25) is 0 Å². The minimum Gasteiger partial charge on any atom is -0.497 e. The normalized spacial score (nSPS) is 11.1. The van der Waals surface area contributed by atoms with Crippen molar-refractivity contribution < 1.29 is 27.4 Å². The maximum atomic E-state index is 12.9. The number of benzene rings is 3. The summed E-state index contributed by atoms with van der Waals surface area (Å²) in [6, 6.07) is 19.1. The Balaban J connectivity index is 1.58. The lowest BCUT2D eigenvalue weighted by Gasteiger charge is -2.11. The largest absolute Gasteiger partial charge is 0.497 e. The molecular formula is C26H28O6S. The van der Waals surface area contributed by atoms with Crippen molar-refractivity contribution in [2.75, 3.05) is 20.8 Å². The van der Waals surface area contributed by atoms with Gasteiger partial charge in [-0.15, -0.1) is 0 Å². The second-order valence-electron chi connectivity index (χ2n) is 7.71. The smallest absolute Gasteiger partial charge is 0.182 e. The first-order valence-corrected chi connectivity index (χ1v) is 12.2. The zero-order chi connectivity index (χ0) is 23.8. The second-order valence-corrected chi connectivity index (χ2v) is 9.70. The molecule has 0 bridgehead atoms. The number of Topliss-reactive ketones (excluding diaryl/α,β-unsaturated/α-hetero) is 1. The molecule has 6 nitrogen and oxygen atoms in total. The summed E-state index contributed by atoms with van der Waals surface area (Å²) < 4.78 is 41.9. The summed E-state index contributed by atoms with van der Waals surface area (Å²) in [6.07, 6.45) is 0.505. The van der Waals surface area contributed by atoms with Gasteiger partial charge in [-0.2, -0.15) is 0 Å². The molecule has 0 fully saturated rings. The molecule has 0 aliphatic carbocycles. The number of carbonyl (C=O) groups excluding carboxylic acids is 1. The summed E-state index contributed by atoms with van der Waals surface area (Å²) in [5.41, 5.74) is 2.42. The molecule has 174 valence electrons. The van der Waals surface area contributed by atoms with Crippen LogP contribution in [-0.4, -0.2) is 35.0 Å². The third-order valence-corrected chi connectivity index (χ3v) is 6.87. The molecule has 0 aliphatic rings. The van der Waals surface area contributed by atoms with Crippen molar-refractivity contribution in [1.82, 2.24) is 0 Å². The van der Waals surface area contributed by atoms with Crippen molar-refractivity contribution >= 4 is 15.6 Å². The first kappa shape index (κ1) is 24.3. The van der Waals surface area contributed by atoms with Gasteiger partial charge in [-0.25, -0.2) is 8.42 Å². The van der Waals surface area contributed by atoms with E-state index in [9.17, 15) is 13.2 Å². The predicted molar refractivity (Wildman–Crippen MR) is 127 cm³/mol. The highest BCUT2D eigenvalue weighted by Gasteiger charge is 2.19. The average Bonchev–Trinajstić information content (AvgIpc) is 2.80. The van der Waals surface area contributed by atoms with E-state index in [4.69, 9.17) is 14.2 Å². The van der Waals surface area contributed by atoms with E-state index in [1.807, 2.05) is 31.2 Å². The fourth-order valence-corrected chi connectivity index (χ4v) is 4.68. The molecule has 0 heterocycles. The highest BCUT2D eigenvalue weighted by molar-refractivity contribution is 7.90. The van der Waals surface area contributed by atoms with E-state index in [0.717, 1.165) is 16.9 Å². The van der Waals surface area contributed by atoms with Crippen LogP contribution >= 0.6 is 0 Å². The Morgan fingerprint density at radius 2 is 1.52 bits per heavy atom. The minimum atomic E-state index is -3.60. The molecule has 0 saturated carbocycles. The van der Waals surface area contributed by atoms with Crippen LogP contribution in [0.3, 0.4) is 0 Å². The van der Waals surface area contributed by atoms with E-state index < -0.39 is 9.84 Å². The molecule has 3 aromatic rings. The van der Waals surface area contributed by atoms with Gasteiger partial charge >= 0.3 is 0 Å². The van der Waals surface area contributed by atoms with Crippen LogP contribution in [0.25, 0.3) is 0 Å². The van der Waals surface area contributed by atoms with Crippen LogP contribution in [0.1, 0.15) is 23.1 Å². The SMILES string of the molecule is COc1ccc(OC)c(CS(=O)(=O)c2ccc(CC(=O)CCOc3ccc(C)cc3)cc2)c1. The highest BCUT2D eigenvalue weighted by atomic mass is 32.2. The Labute approximate surface area is 195 Å². The number of ketones is 1. The van der Waals surface area contributed by atoms with Gasteiger partial charge in [0.2, 0.25) is 0 Å². The fourth-order valence-electron chi connectivity index (χ4n) is 3.33. The molecule has 0 aromatic heterocycles. The van der Waals surface area contributed by atoms with E-state index in [0.29, 0.717) is 23.7 Å². The average molecular weight is 469 g/mol. The molecule has 0 N–H and O–H groups in total. The van der Waals surface area contributed by atoms with Gasteiger partial charge in [0, 0.05) is 18.4 Å². The molecule has 0 unspecified atom stereocenters. The van der Waals surface area contributed by atoms with Gasteiger partial charge in [-0.3, -0.25) is 4.79 Å². The molecule has 7 heteroatoms. The van der Waals surface area contributed by atoms with Crippen molar-refractivity contribution in [2.45, 2.75) is 30.4 Å². The first-order valence-electron chi connectivity index (χ1n) is 10.5. The van der Waals surface area contributed by atoms with Crippen LogP contribution < -0.4 is 14.2 Å². The van der Waals surface area contributed by atoms with E-state index in [1.54, 1.807) is 30.3 Å². The third kappa shape index (κ3) is 6.83. The molecule has 3 aromatic carbocycles. The molecule has 0 amide bonds. The summed E-state index contributed by atoms with van der Waals surface area (Å²) in [5.74, 6) is 1.58. The summed E-state index contributed by atoms with van der Waals surface area (Å²) in [7, 11) is -0.586. The van der Waals surface area contributed by atoms with E-state index in [-0.39, 0.29) is 29.3 Å². The Morgan fingerprint density at radius 3 is 2.15 bits per heavy atom. The minimum absolute atomic E-state index is 0.0267. The Morgan fingerprint density at radius 1 is 0.848 bits per heavy atom. The van der Waals surface area contributed by atoms with Crippen LogP contribution in [0, 0.1) is 6.92 Å². The molecule has 3 rings (SSSR count). The number of rotatable bonds is 11. The predicted octanol–water partition coefficient (Wildman–Crippen LogP) is 4.57. The van der Waals surface area contributed by atoms with Gasteiger partial charge in [0.25, 0.3) is 0 Å². The van der Waals surface area contributed by atoms with Crippen molar-refractivity contribution in [3.8, 4) is 17.2 Å². The van der Waals surface area contributed by atoms with Crippen LogP contribution in [0.15, 0.2) is 71.6 Å². The van der Waals surface area contributed by atoms with E-state index in [1.165, 1.54) is 26.4 Å². The maximum absolute atomic E-state index is 12.9. The Kier molecular flexibility index (Phi) is 8.11. The van der Waals surface area contributed by atoms with Gasteiger partial charge in [0.05, 0.1) is 31.5 Å². The molecule has 33 heavy (non-hydrogen) atoms. The number of sulfone groups is 1. The molecule has 0 atom stereocenters. The number of carbonyl (C=O) groups is 1. The van der Waals surface area contributed by atoms with Gasteiger partial charge in [-0.05, 0) is 55.0 Å². The zero-order valence-corrected chi connectivity index (χ0v) is 19.9. The van der Waals surface area contributed by atoms with Gasteiger partial charge < -0.3 is 14.2 Å². The first-order chi connectivity index (χ1) is 15.8. The summed E-state index contributed by atoms with van der Waals surface area (Å²) in [4.78, 5) is 12.5. The van der Waals surface area contributed by atoms with Gasteiger partial charge in [-0.1, -0.05) is 29.8 Å². The second kappa shape index (κ2) is 11.0. The third-order valence-electron chi connectivity index (χ3n) is 5.19. The number of hydrogen-bond donors (Lipinski definition) is 0. The number of aryl methyl sites for hydroxylation is 1. The Bertz CT molecular complexity index is 1180. The van der Waals surface area contributed by atoms with Crippen LogP contribution in [0.5, 0.6) is 17.2 Å². The van der Waals surface area contributed by atoms with Crippen LogP contribution in [0.4, 0.5) is 0 Å². The molecule has 0 saturated heterocycles. The molecular weight excluding hydrogens is 440 g/mol. The molecule has 0 spiro atoms. The lowest BCUT2D eigenvalue weighted by atomic mass is 10.1. The quantitative estimate of drug-likeness (QED) is 0.410. The fraction of sp³-hybridized carbons (Fsp3) is 0.269. The van der Waals surface area contributed by atoms with E-state index in [2.05, 4.69) is 0 Å². The lowest BCUT2D eigenvalue weighted by molar-refractivity contribution is -0.118. The van der Waals surface area contributed by atoms with Crippen molar-refractivity contribution in [3.05, 3.63) is 83.4 Å². The summed E-state index contributed by atoms with van der Waals surface area (Å²) in [6.45, 7) is 2.30. The van der Waals surface area contributed by atoms with E-state index >= 15 is 0 Å². The van der Waals surface area contributed by atoms with Crippen molar-refractivity contribution in [3.63, 3.8) is 0 Å². The van der Waals surface area contributed by atoms with Crippen molar-refractivity contribution in [2.24, 2.45) is 0 Å². The summed E-state index contributed by atoms with van der Waals surface area (Å²) >= 11 is 0. The van der Waals surface area contributed by atoms with Crippen LogP contribution in [-0.2, 0) is 26.8 Å². The monoisotopic (exact) mass is 468 g/mol. The zero-order valence-electron chi connectivity index (χ0n) is 19.0. The van der Waals surface area contributed by atoms with Gasteiger partial charge in [0.1, 0.15) is 23.0 Å². The van der Waals surface area contributed by atoms with Crippen molar-refractivity contribution in [1.29, 1.82) is 0 Å². The highest BCUT2D eigenvalue weighted by Crippen LogP contribution is 2.28. The Hall–Kier alpha value is -3.32. The number of hydrogen-bond acceptors (Lipinski definition) is 6. The summed E-state index contributed by atoms with van der Waals surface area (Å²) in [5, 5.41) is 0. The standard InChI is InChI=1S/C26H28O6S/c1-19-4-8-23(9-5-19)32-15-14-22(27)16-20-6-11-25(12-7-20)33(28,29)18-21-17-24(30-2)10-13-26(21)31-3/h4-13,17H,14-16,18H2,1-3H3.